The summed E-state index contributed by atoms with van der Waals surface area (Å²) in [7, 11) is 0. The van der Waals surface area contributed by atoms with Gasteiger partial charge in [0, 0.05) is 11.3 Å². The van der Waals surface area contributed by atoms with Crippen molar-refractivity contribution < 1.29 is 0 Å². The van der Waals surface area contributed by atoms with Gasteiger partial charge in [-0.25, -0.2) is 0 Å². The molecule has 0 N–H and O–H groups in total. The van der Waals surface area contributed by atoms with E-state index in [-0.39, 0.29) is 5.41 Å². The summed E-state index contributed by atoms with van der Waals surface area (Å²) >= 11 is 0. The van der Waals surface area contributed by atoms with E-state index in [1.165, 1.54) is 44.2 Å². The maximum atomic E-state index is 2.40. The fourth-order valence-corrected chi connectivity index (χ4v) is 6.34. The maximum Gasteiger partial charge on any atom is 0.0344 e. The number of benzene rings is 5. The molecular weight excluding hydrogens is 396 g/mol. The molecule has 1 aliphatic carbocycles. The molecule has 5 aromatic rings. The summed E-state index contributed by atoms with van der Waals surface area (Å²) in [6.07, 6.45) is 0. The van der Waals surface area contributed by atoms with E-state index in [4.69, 9.17) is 0 Å². The van der Waals surface area contributed by atoms with Crippen LogP contribution in [-0.2, 0) is 5.41 Å². The van der Waals surface area contributed by atoms with E-state index in [0.29, 0.717) is 11.8 Å². The molecule has 0 saturated heterocycles. The first-order valence-electron chi connectivity index (χ1n) is 11.9. The zero-order valence-corrected chi connectivity index (χ0v) is 19.2. The van der Waals surface area contributed by atoms with Gasteiger partial charge in [-0.3, -0.25) is 0 Å². The van der Waals surface area contributed by atoms with Crippen molar-refractivity contribution in [2.75, 3.05) is 0 Å². The molecule has 0 fully saturated rings. The Morgan fingerprint density at radius 1 is 0.576 bits per heavy atom. The zero-order chi connectivity index (χ0) is 22.4. The van der Waals surface area contributed by atoms with E-state index in [2.05, 4.69) is 135 Å². The van der Waals surface area contributed by atoms with Crippen molar-refractivity contribution in [3.63, 3.8) is 0 Å². The molecule has 2 unspecified atom stereocenters. The Labute approximate surface area is 196 Å². The fraction of sp³-hybridized carbons (Fsp3) is 0.152. The third-order valence-electron chi connectivity index (χ3n) is 7.66. The fourth-order valence-electron chi connectivity index (χ4n) is 6.34. The van der Waals surface area contributed by atoms with Gasteiger partial charge in [0.15, 0.2) is 0 Å². The summed E-state index contributed by atoms with van der Waals surface area (Å²) in [5.74, 6) is 0.742. The van der Waals surface area contributed by atoms with Crippen LogP contribution in [0.25, 0.3) is 21.9 Å². The molecule has 0 aromatic heterocycles. The van der Waals surface area contributed by atoms with E-state index in [0.717, 1.165) is 0 Å². The summed E-state index contributed by atoms with van der Waals surface area (Å²) < 4.78 is 0. The lowest BCUT2D eigenvalue weighted by molar-refractivity contribution is 0.287. The minimum atomic E-state index is -0.0901. The Balaban J connectivity index is 1.71. The van der Waals surface area contributed by atoms with Gasteiger partial charge in [-0.05, 0) is 50.1 Å². The SMILES string of the molecule is CC(C)C1(c2ccccc2)c2c(-c3ccccc3)cccc2C1c1cccc2ccccc12. The van der Waals surface area contributed by atoms with Crippen LogP contribution in [0, 0.1) is 5.92 Å². The third kappa shape index (κ3) is 2.84. The van der Waals surface area contributed by atoms with Gasteiger partial charge in [0.25, 0.3) is 0 Å². The Morgan fingerprint density at radius 3 is 1.94 bits per heavy atom. The predicted molar refractivity (Wildman–Crippen MR) is 140 cm³/mol. The monoisotopic (exact) mass is 424 g/mol. The summed E-state index contributed by atoms with van der Waals surface area (Å²) in [5, 5.41) is 2.68. The Hall–Kier alpha value is -3.64. The van der Waals surface area contributed by atoms with Crippen molar-refractivity contribution in [1.29, 1.82) is 0 Å². The van der Waals surface area contributed by atoms with Crippen LogP contribution in [0.15, 0.2) is 121 Å². The summed E-state index contributed by atoms with van der Waals surface area (Å²) in [6.45, 7) is 4.80. The van der Waals surface area contributed by atoms with Crippen molar-refractivity contribution in [3.8, 4) is 11.1 Å². The number of hydrogen-bond donors (Lipinski definition) is 0. The Bertz CT molecular complexity index is 1420. The Kier molecular flexibility index (Phi) is 4.69. The average Bonchev–Trinajstić information content (AvgIpc) is 2.86. The second kappa shape index (κ2) is 7.74. The third-order valence-corrected chi connectivity index (χ3v) is 7.66. The van der Waals surface area contributed by atoms with Gasteiger partial charge in [0.1, 0.15) is 0 Å². The molecule has 0 heteroatoms. The van der Waals surface area contributed by atoms with Crippen LogP contribution in [0.2, 0.25) is 0 Å². The summed E-state index contributed by atoms with van der Waals surface area (Å²) in [5.41, 5.74) is 8.37. The van der Waals surface area contributed by atoms with Crippen molar-refractivity contribution >= 4 is 10.8 Å². The molecular formula is C33H28. The van der Waals surface area contributed by atoms with Crippen LogP contribution in [0.3, 0.4) is 0 Å². The van der Waals surface area contributed by atoms with Crippen molar-refractivity contribution in [1.82, 2.24) is 0 Å². The first kappa shape index (κ1) is 20.0. The van der Waals surface area contributed by atoms with Gasteiger partial charge < -0.3 is 0 Å². The van der Waals surface area contributed by atoms with E-state index in [9.17, 15) is 0 Å². The Morgan fingerprint density at radius 2 is 1.18 bits per heavy atom. The molecule has 0 spiro atoms. The van der Waals surface area contributed by atoms with Crippen LogP contribution in [0.1, 0.15) is 42.0 Å². The second-order valence-corrected chi connectivity index (χ2v) is 9.53. The lowest BCUT2D eigenvalue weighted by Crippen LogP contribution is -2.49. The lowest BCUT2D eigenvalue weighted by Gasteiger charge is -2.56. The minimum Gasteiger partial charge on any atom is -0.0622 e. The van der Waals surface area contributed by atoms with Crippen LogP contribution in [0.5, 0.6) is 0 Å². The highest BCUT2D eigenvalue weighted by molar-refractivity contribution is 5.89. The van der Waals surface area contributed by atoms with Crippen LogP contribution in [-0.4, -0.2) is 0 Å². The standard InChI is InChI=1S/C33H28/c1-23(2)33(26-17-7-4-8-18-26)31-28(25-13-5-3-6-14-25)20-12-22-30(31)32(33)29-21-11-16-24-15-9-10-19-27(24)29/h3-23,32H,1-2H3. The minimum absolute atomic E-state index is 0.0901. The molecule has 0 amide bonds. The van der Waals surface area contributed by atoms with Crippen LogP contribution >= 0.6 is 0 Å². The number of hydrogen-bond acceptors (Lipinski definition) is 0. The van der Waals surface area contributed by atoms with Gasteiger partial charge in [0.2, 0.25) is 0 Å². The lowest BCUT2D eigenvalue weighted by atomic mass is 9.46. The first-order chi connectivity index (χ1) is 16.2. The molecule has 0 saturated carbocycles. The van der Waals surface area contributed by atoms with Crippen LogP contribution < -0.4 is 0 Å². The van der Waals surface area contributed by atoms with Crippen molar-refractivity contribution in [3.05, 3.63) is 144 Å². The maximum absolute atomic E-state index is 2.40. The van der Waals surface area contributed by atoms with Gasteiger partial charge >= 0.3 is 0 Å². The quantitative estimate of drug-likeness (QED) is 0.271. The molecule has 0 radical (unpaired) electrons. The summed E-state index contributed by atoms with van der Waals surface area (Å²) in [4.78, 5) is 0. The first-order valence-corrected chi connectivity index (χ1v) is 11.9. The van der Waals surface area contributed by atoms with Crippen molar-refractivity contribution in [2.24, 2.45) is 5.92 Å². The van der Waals surface area contributed by atoms with Gasteiger partial charge in [-0.1, -0.05) is 135 Å². The van der Waals surface area contributed by atoms with Gasteiger partial charge in [0.05, 0.1) is 0 Å². The van der Waals surface area contributed by atoms with Gasteiger partial charge in [-0.15, -0.1) is 0 Å². The number of rotatable bonds is 4. The largest absolute Gasteiger partial charge is 0.0622 e. The van der Waals surface area contributed by atoms with E-state index < -0.39 is 0 Å². The van der Waals surface area contributed by atoms with Crippen LogP contribution in [0.4, 0.5) is 0 Å². The molecule has 33 heavy (non-hydrogen) atoms. The second-order valence-electron chi connectivity index (χ2n) is 9.53. The highest BCUT2D eigenvalue weighted by atomic mass is 14.6. The topological polar surface area (TPSA) is 0 Å². The van der Waals surface area contributed by atoms with Crippen molar-refractivity contribution in [2.45, 2.75) is 25.2 Å². The molecule has 2 atom stereocenters. The molecule has 0 nitrogen and oxygen atoms in total. The number of fused-ring (bicyclic) bond motifs is 2. The average molecular weight is 425 g/mol. The highest BCUT2D eigenvalue weighted by Crippen LogP contribution is 2.64. The molecule has 6 rings (SSSR count). The van der Waals surface area contributed by atoms with E-state index in [1.807, 2.05) is 0 Å². The zero-order valence-electron chi connectivity index (χ0n) is 19.2. The molecule has 0 aliphatic heterocycles. The molecule has 5 aromatic carbocycles. The molecule has 0 bridgehead atoms. The summed E-state index contributed by atoms with van der Waals surface area (Å²) in [6, 6.07) is 44.7. The predicted octanol–water partition coefficient (Wildman–Crippen LogP) is 8.59. The van der Waals surface area contributed by atoms with E-state index >= 15 is 0 Å². The molecule has 160 valence electrons. The van der Waals surface area contributed by atoms with E-state index in [1.54, 1.807) is 0 Å². The smallest absolute Gasteiger partial charge is 0.0344 e. The van der Waals surface area contributed by atoms with Gasteiger partial charge in [-0.2, -0.15) is 0 Å². The highest BCUT2D eigenvalue weighted by Gasteiger charge is 2.56. The normalized spacial score (nSPS) is 19.3. The molecule has 1 aliphatic rings. The molecule has 0 heterocycles.